The van der Waals surface area contributed by atoms with Gasteiger partial charge in [-0.2, -0.15) is 0 Å². The zero-order valence-electron chi connectivity index (χ0n) is 13.6. The lowest BCUT2D eigenvalue weighted by Gasteiger charge is -2.27. The van der Waals surface area contributed by atoms with Gasteiger partial charge in [-0.25, -0.2) is 4.79 Å². The van der Waals surface area contributed by atoms with Crippen LogP contribution in [0.25, 0.3) is 0 Å². The molecule has 0 heterocycles. The molecule has 3 unspecified atom stereocenters. The molecule has 2 amide bonds. The Labute approximate surface area is 128 Å². The van der Waals surface area contributed by atoms with Crippen molar-refractivity contribution in [2.45, 2.75) is 52.9 Å². The van der Waals surface area contributed by atoms with E-state index in [9.17, 15) is 9.59 Å². The number of aliphatic carboxylic acids is 1. The highest BCUT2D eigenvalue weighted by Gasteiger charge is 2.21. The minimum absolute atomic E-state index is 0.144. The predicted molar refractivity (Wildman–Crippen MR) is 83.2 cm³/mol. The average molecular weight is 298 g/mol. The van der Waals surface area contributed by atoms with Crippen LogP contribution < -0.4 is 5.32 Å². The Hall–Kier alpha value is -1.26. The van der Waals surface area contributed by atoms with Gasteiger partial charge in [-0.15, -0.1) is 0 Å². The van der Waals surface area contributed by atoms with Crippen molar-refractivity contribution >= 4 is 12.0 Å². The molecular formula is C16H30N2O3. The third-order valence-corrected chi connectivity index (χ3v) is 4.46. The number of rotatable bonds is 7. The van der Waals surface area contributed by atoms with Crippen molar-refractivity contribution in [3.8, 4) is 0 Å². The number of hydrogen-bond acceptors (Lipinski definition) is 2. The van der Waals surface area contributed by atoms with Gasteiger partial charge in [0.05, 0.1) is 5.92 Å². The summed E-state index contributed by atoms with van der Waals surface area (Å²) in [6.07, 6.45) is 6.20. The van der Waals surface area contributed by atoms with Gasteiger partial charge in [0.15, 0.2) is 0 Å². The fourth-order valence-electron chi connectivity index (χ4n) is 3.08. The summed E-state index contributed by atoms with van der Waals surface area (Å²) >= 11 is 0. The van der Waals surface area contributed by atoms with Gasteiger partial charge in [-0.1, -0.05) is 33.1 Å². The standard InChI is InChI=1S/C16H30N2O3/c1-4-18(11-13(3)15(19)20)16(21)17-9-8-14-7-5-6-12(2)10-14/h12-14H,4-11H2,1-3H3,(H,17,21)(H,19,20). The Kier molecular flexibility index (Phi) is 7.54. The van der Waals surface area contributed by atoms with Crippen LogP contribution in [0.4, 0.5) is 4.79 Å². The van der Waals surface area contributed by atoms with Crippen molar-refractivity contribution in [1.82, 2.24) is 10.2 Å². The van der Waals surface area contributed by atoms with Gasteiger partial charge in [-0.05, 0) is 31.6 Å². The maximum Gasteiger partial charge on any atom is 0.317 e. The summed E-state index contributed by atoms with van der Waals surface area (Å²) in [6.45, 7) is 7.28. The number of carbonyl (C=O) groups excluding carboxylic acids is 1. The molecule has 1 aliphatic carbocycles. The SMILES string of the molecule is CCN(CC(C)C(=O)O)C(=O)NCCC1CCCC(C)C1. The molecule has 0 aromatic heterocycles. The summed E-state index contributed by atoms with van der Waals surface area (Å²) in [6, 6.07) is -0.144. The van der Waals surface area contributed by atoms with Crippen molar-refractivity contribution in [3.63, 3.8) is 0 Å². The van der Waals surface area contributed by atoms with Crippen molar-refractivity contribution < 1.29 is 14.7 Å². The van der Waals surface area contributed by atoms with Crippen LogP contribution >= 0.6 is 0 Å². The first-order chi connectivity index (χ1) is 9.93. The smallest absolute Gasteiger partial charge is 0.317 e. The third-order valence-electron chi connectivity index (χ3n) is 4.46. The second kappa shape index (κ2) is 8.90. The van der Waals surface area contributed by atoms with Crippen molar-refractivity contribution in [3.05, 3.63) is 0 Å². The molecule has 1 rings (SSSR count). The Morgan fingerprint density at radius 3 is 2.67 bits per heavy atom. The Morgan fingerprint density at radius 2 is 2.10 bits per heavy atom. The number of urea groups is 1. The molecule has 1 fully saturated rings. The second-order valence-corrected chi connectivity index (χ2v) is 6.44. The van der Waals surface area contributed by atoms with Crippen LogP contribution in [0.2, 0.25) is 0 Å². The van der Waals surface area contributed by atoms with Crippen molar-refractivity contribution in [2.24, 2.45) is 17.8 Å². The van der Waals surface area contributed by atoms with Crippen LogP contribution in [0.1, 0.15) is 52.9 Å². The molecule has 1 saturated carbocycles. The van der Waals surface area contributed by atoms with E-state index in [4.69, 9.17) is 5.11 Å². The zero-order chi connectivity index (χ0) is 15.8. The first kappa shape index (κ1) is 17.8. The highest BCUT2D eigenvalue weighted by atomic mass is 16.4. The van der Waals surface area contributed by atoms with Crippen LogP contribution in [0.5, 0.6) is 0 Å². The summed E-state index contributed by atoms with van der Waals surface area (Å²) in [5.41, 5.74) is 0. The number of amides is 2. The zero-order valence-corrected chi connectivity index (χ0v) is 13.6. The molecular weight excluding hydrogens is 268 g/mol. The van der Waals surface area contributed by atoms with Gasteiger partial charge in [0.1, 0.15) is 0 Å². The highest BCUT2D eigenvalue weighted by molar-refractivity contribution is 5.75. The van der Waals surface area contributed by atoms with Crippen LogP contribution in [-0.4, -0.2) is 41.6 Å². The number of carboxylic acids is 1. The molecule has 0 bridgehead atoms. The first-order valence-electron chi connectivity index (χ1n) is 8.19. The molecule has 0 aromatic carbocycles. The molecule has 5 heteroatoms. The summed E-state index contributed by atoms with van der Waals surface area (Å²) in [5.74, 6) is 0.136. The molecule has 5 nitrogen and oxygen atoms in total. The first-order valence-corrected chi connectivity index (χ1v) is 8.19. The van der Waals surface area contributed by atoms with Gasteiger partial charge >= 0.3 is 12.0 Å². The molecule has 122 valence electrons. The maximum absolute atomic E-state index is 12.1. The molecule has 0 aliphatic heterocycles. The Balaban J connectivity index is 2.28. The number of carboxylic acid groups (broad SMARTS) is 1. The quantitative estimate of drug-likeness (QED) is 0.759. The second-order valence-electron chi connectivity index (χ2n) is 6.44. The predicted octanol–water partition coefficient (Wildman–Crippen LogP) is 2.96. The lowest BCUT2D eigenvalue weighted by Crippen LogP contribution is -2.43. The van der Waals surface area contributed by atoms with E-state index >= 15 is 0 Å². The monoisotopic (exact) mass is 298 g/mol. The van der Waals surface area contributed by atoms with Crippen LogP contribution in [0.15, 0.2) is 0 Å². The van der Waals surface area contributed by atoms with Gasteiger partial charge in [0.2, 0.25) is 0 Å². The number of nitrogens with one attached hydrogen (secondary N) is 1. The van der Waals surface area contributed by atoms with E-state index in [0.29, 0.717) is 13.1 Å². The lowest BCUT2D eigenvalue weighted by atomic mass is 9.81. The van der Waals surface area contributed by atoms with E-state index in [1.807, 2.05) is 6.92 Å². The largest absolute Gasteiger partial charge is 0.481 e. The molecule has 1 aliphatic rings. The molecule has 0 radical (unpaired) electrons. The normalized spacial score (nSPS) is 23.4. The third kappa shape index (κ3) is 6.36. The molecule has 3 atom stereocenters. The van der Waals surface area contributed by atoms with E-state index < -0.39 is 11.9 Å². The van der Waals surface area contributed by atoms with Gasteiger partial charge < -0.3 is 15.3 Å². The van der Waals surface area contributed by atoms with Crippen LogP contribution in [0, 0.1) is 17.8 Å². The van der Waals surface area contributed by atoms with Crippen molar-refractivity contribution in [1.29, 1.82) is 0 Å². The van der Waals surface area contributed by atoms with E-state index in [-0.39, 0.29) is 12.6 Å². The fourth-order valence-corrected chi connectivity index (χ4v) is 3.08. The maximum atomic E-state index is 12.1. The van der Waals surface area contributed by atoms with Gasteiger partial charge in [0.25, 0.3) is 0 Å². The van der Waals surface area contributed by atoms with Crippen molar-refractivity contribution in [2.75, 3.05) is 19.6 Å². The van der Waals surface area contributed by atoms with Crippen LogP contribution in [-0.2, 0) is 4.79 Å². The summed E-state index contributed by atoms with van der Waals surface area (Å²) < 4.78 is 0. The number of hydrogen-bond donors (Lipinski definition) is 2. The fraction of sp³-hybridized carbons (Fsp3) is 0.875. The minimum atomic E-state index is -0.863. The minimum Gasteiger partial charge on any atom is -0.481 e. The number of carbonyl (C=O) groups is 2. The van der Waals surface area contributed by atoms with Gasteiger partial charge in [0, 0.05) is 19.6 Å². The summed E-state index contributed by atoms with van der Waals surface area (Å²) in [4.78, 5) is 24.5. The topological polar surface area (TPSA) is 69.6 Å². The molecule has 0 spiro atoms. The van der Waals surface area contributed by atoms with Crippen LogP contribution in [0.3, 0.4) is 0 Å². The molecule has 2 N–H and O–H groups in total. The molecule has 0 aromatic rings. The van der Waals surface area contributed by atoms with E-state index in [1.54, 1.807) is 11.8 Å². The Bertz CT molecular complexity index is 346. The Morgan fingerprint density at radius 1 is 1.38 bits per heavy atom. The molecule has 0 saturated heterocycles. The van der Waals surface area contributed by atoms with Gasteiger partial charge in [-0.3, -0.25) is 4.79 Å². The van der Waals surface area contributed by atoms with E-state index in [0.717, 1.165) is 18.3 Å². The van der Waals surface area contributed by atoms with E-state index in [2.05, 4.69) is 12.2 Å². The summed E-state index contributed by atoms with van der Waals surface area (Å²) in [5, 5.41) is 11.9. The number of nitrogens with zero attached hydrogens (tertiary/aromatic N) is 1. The summed E-state index contributed by atoms with van der Waals surface area (Å²) in [7, 11) is 0. The lowest BCUT2D eigenvalue weighted by molar-refractivity contribution is -0.141. The average Bonchev–Trinajstić information content (AvgIpc) is 2.44. The molecule has 21 heavy (non-hydrogen) atoms. The highest BCUT2D eigenvalue weighted by Crippen LogP contribution is 2.30. The van der Waals surface area contributed by atoms with E-state index in [1.165, 1.54) is 25.7 Å².